The molecular weight excluding hydrogens is 398 g/mol. The third-order valence-electron chi connectivity index (χ3n) is 6.09. The summed E-state index contributed by atoms with van der Waals surface area (Å²) in [5.41, 5.74) is 4.51. The molecule has 0 unspecified atom stereocenters. The molecule has 2 aromatic carbocycles. The van der Waals surface area contributed by atoms with Crippen LogP contribution in [0.15, 0.2) is 52.4 Å². The van der Waals surface area contributed by atoms with Crippen LogP contribution in [0.1, 0.15) is 50.2 Å². The third-order valence-corrected chi connectivity index (χ3v) is 6.96. The molecule has 1 aliphatic carbocycles. The monoisotopic (exact) mass is 425 g/mol. The number of nitrogens with zero attached hydrogens (tertiary/aromatic N) is 3. The molecule has 29 heavy (non-hydrogen) atoms. The van der Waals surface area contributed by atoms with E-state index in [9.17, 15) is 0 Å². The van der Waals surface area contributed by atoms with E-state index in [1.165, 1.54) is 30.4 Å². The van der Waals surface area contributed by atoms with Crippen molar-refractivity contribution < 1.29 is 0 Å². The summed E-state index contributed by atoms with van der Waals surface area (Å²) in [5, 5.41) is 1.77. The predicted molar refractivity (Wildman–Crippen MR) is 128 cm³/mol. The number of halogens is 1. The number of para-hydroxylation sites is 1. The summed E-state index contributed by atoms with van der Waals surface area (Å²) >= 11 is 8.05. The molecule has 2 aromatic rings. The number of hydrogen-bond acceptors (Lipinski definition) is 3. The van der Waals surface area contributed by atoms with Gasteiger partial charge in [0.25, 0.3) is 0 Å². The second-order valence-electron chi connectivity index (χ2n) is 7.88. The van der Waals surface area contributed by atoms with Crippen molar-refractivity contribution in [3.8, 4) is 0 Å². The summed E-state index contributed by atoms with van der Waals surface area (Å²) < 4.78 is 0. The molecule has 4 rings (SSSR count). The van der Waals surface area contributed by atoms with Gasteiger partial charge in [-0.15, -0.1) is 0 Å². The van der Waals surface area contributed by atoms with Crippen LogP contribution in [-0.4, -0.2) is 22.8 Å². The molecule has 152 valence electrons. The molecule has 0 saturated heterocycles. The number of anilines is 1. The first-order valence-electron chi connectivity index (χ1n) is 10.4. The number of hydrogen-bond donors (Lipinski definition) is 0. The van der Waals surface area contributed by atoms with E-state index in [2.05, 4.69) is 55.3 Å². The zero-order chi connectivity index (χ0) is 20.4. The van der Waals surface area contributed by atoms with Crippen LogP contribution in [0.5, 0.6) is 0 Å². The Bertz CT molecular complexity index is 960. The normalized spacial score (nSPS) is 19.8. The lowest BCUT2D eigenvalue weighted by atomic mass is 9.79. The summed E-state index contributed by atoms with van der Waals surface area (Å²) in [6.45, 7) is 4.34. The lowest BCUT2D eigenvalue weighted by molar-refractivity contribution is 0.385. The number of aryl methyl sites for hydroxylation is 2. The Hall–Kier alpha value is -1.78. The number of benzene rings is 2. The van der Waals surface area contributed by atoms with Crippen molar-refractivity contribution in [2.24, 2.45) is 9.98 Å². The van der Waals surface area contributed by atoms with Crippen LogP contribution in [0.4, 0.5) is 11.4 Å². The predicted octanol–water partition coefficient (Wildman–Crippen LogP) is 7.18. The van der Waals surface area contributed by atoms with Crippen LogP contribution >= 0.6 is 23.4 Å². The summed E-state index contributed by atoms with van der Waals surface area (Å²) in [6.07, 6.45) is 8.87. The van der Waals surface area contributed by atoms with Crippen molar-refractivity contribution in [1.29, 1.82) is 0 Å². The number of rotatable bonds is 3. The zero-order valence-corrected chi connectivity index (χ0v) is 19.0. The van der Waals surface area contributed by atoms with Gasteiger partial charge in [-0.2, -0.15) is 0 Å². The van der Waals surface area contributed by atoms with Gasteiger partial charge >= 0.3 is 0 Å². The molecule has 2 aliphatic rings. The molecule has 0 radical (unpaired) electrons. The lowest BCUT2D eigenvalue weighted by Crippen LogP contribution is -2.52. The maximum Gasteiger partial charge on any atom is 0.170 e. The standard InChI is InChI=1S/C24H28ClN3S/c1-4-18-11-8-10-17(2)21(18)26-22-24(14-6-5-7-15-24)28(23(27-22)29-3)20-13-9-12-19(25)16-20/h8-13,16H,4-7,14-15H2,1-3H3. The van der Waals surface area contributed by atoms with Crippen molar-refractivity contribution in [1.82, 2.24) is 0 Å². The summed E-state index contributed by atoms with van der Waals surface area (Å²) in [7, 11) is 0. The van der Waals surface area contributed by atoms with E-state index in [0.29, 0.717) is 0 Å². The van der Waals surface area contributed by atoms with Crippen molar-refractivity contribution in [3.05, 3.63) is 58.6 Å². The topological polar surface area (TPSA) is 28.0 Å². The van der Waals surface area contributed by atoms with Gasteiger partial charge < -0.3 is 4.90 Å². The third kappa shape index (κ3) is 3.73. The fourth-order valence-electron chi connectivity index (χ4n) is 4.62. The van der Waals surface area contributed by atoms with Gasteiger partial charge in [-0.05, 0) is 61.8 Å². The number of aliphatic imine (C=N–C) groups is 2. The maximum atomic E-state index is 6.36. The highest BCUT2D eigenvalue weighted by Gasteiger charge is 2.49. The van der Waals surface area contributed by atoms with Gasteiger partial charge in [-0.3, -0.25) is 0 Å². The van der Waals surface area contributed by atoms with Gasteiger partial charge in [0.2, 0.25) is 0 Å². The molecule has 1 heterocycles. The SMILES string of the molecule is CCc1cccc(C)c1N=C1N=C(SC)N(c2cccc(Cl)c2)C12CCCCC2. The van der Waals surface area contributed by atoms with Crippen LogP contribution in [0.25, 0.3) is 0 Å². The number of thioether (sulfide) groups is 1. The molecule has 1 spiro atoms. The van der Waals surface area contributed by atoms with Crippen LogP contribution in [-0.2, 0) is 6.42 Å². The van der Waals surface area contributed by atoms with E-state index < -0.39 is 0 Å². The van der Waals surface area contributed by atoms with Gasteiger partial charge in [0.1, 0.15) is 5.54 Å². The van der Waals surface area contributed by atoms with E-state index in [-0.39, 0.29) is 5.54 Å². The first-order chi connectivity index (χ1) is 14.1. The van der Waals surface area contributed by atoms with Crippen LogP contribution < -0.4 is 4.90 Å². The Kier molecular flexibility index (Phi) is 6.03. The maximum absolute atomic E-state index is 6.36. The Morgan fingerprint density at radius 3 is 2.59 bits per heavy atom. The van der Waals surface area contributed by atoms with Gasteiger partial charge in [0.15, 0.2) is 11.0 Å². The highest BCUT2D eigenvalue weighted by Crippen LogP contribution is 2.45. The first kappa shape index (κ1) is 20.5. The molecule has 0 N–H and O–H groups in total. The molecule has 1 aliphatic heterocycles. The van der Waals surface area contributed by atoms with Crippen LogP contribution in [0, 0.1) is 6.92 Å². The molecule has 0 amide bonds. The molecule has 1 fully saturated rings. The fraction of sp³-hybridized carbons (Fsp3) is 0.417. The average Bonchev–Trinajstić information content (AvgIpc) is 3.02. The van der Waals surface area contributed by atoms with Crippen molar-refractivity contribution in [2.75, 3.05) is 11.2 Å². The quantitative estimate of drug-likeness (QED) is 0.520. The molecule has 3 nitrogen and oxygen atoms in total. The van der Waals surface area contributed by atoms with E-state index in [0.717, 1.165) is 46.7 Å². The minimum atomic E-state index is -0.186. The van der Waals surface area contributed by atoms with Gasteiger partial charge in [0, 0.05) is 10.7 Å². The molecular formula is C24H28ClN3S. The minimum absolute atomic E-state index is 0.186. The van der Waals surface area contributed by atoms with Crippen LogP contribution in [0.3, 0.4) is 0 Å². The van der Waals surface area contributed by atoms with E-state index in [1.807, 2.05) is 12.1 Å². The second-order valence-corrected chi connectivity index (χ2v) is 9.09. The highest BCUT2D eigenvalue weighted by molar-refractivity contribution is 8.13. The van der Waals surface area contributed by atoms with E-state index >= 15 is 0 Å². The Labute approximate surface area is 183 Å². The zero-order valence-electron chi connectivity index (χ0n) is 17.4. The minimum Gasteiger partial charge on any atom is -0.307 e. The summed E-state index contributed by atoms with van der Waals surface area (Å²) in [5.74, 6) is 0.963. The molecule has 0 bridgehead atoms. The van der Waals surface area contributed by atoms with E-state index in [1.54, 1.807) is 11.8 Å². The summed E-state index contributed by atoms with van der Waals surface area (Å²) in [6, 6.07) is 14.6. The molecule has 1 saturated carbocycles. The fourth-order valence-corrected chi connectivity index (χ4v) is 5.45. The molecule has 5 heteroatoms. The number of amidine groups is 2. The smallest absolute Gasteiger partial charge is 0.170 e. The van der Waals surface area contributed by atoms with Gasteiger partial charge in [-0.1, -0.05) is 73.8 Å². The average molecular weight is 426 g/mol. The Balaban J connectivity index is 1.89. The van der Waals surface area contributed by atoms with Crippen LogP contribution in [0.2, 0.25) is 5.02 Å². The van der Waals surface area contributed by atoms with Crippen molar-refractivity contribution >= 4 is 45.7 Å². The van der Waals surface area contributed by atoms with Gasteiger partial charge in [0.05, 0.1) is 5.69 Å². The largest absolute Gasteiger partial charge is 0.307 e. The first-order valence-corrected chi connectivity index (χ1v) is 12.1. The molecule has 0 atom stereocenters. The Morgan fingerprint density at radius 1 is 1.14 bits per heavy atom. The van der Waals surface area contributed by atoms with Gasteiger partial charge in [-0.25, -0.2) is 9.98 Å². The summed E-state index contributed by atoms with van der Waals surface area (Å²) in [4.78, 5) is 12.7. The van der Waals surface area contributed by atoms with E-state index in [4.69, 9.17) is 21.6 Å². The Morgan fingerprint density at radius 2 is 1.90 bits per heavy atom. The lowest BCUT2D eigenvalue weighted by Gasteiger charge is -2.42. The van der Waals surface area contributed by atoms with Crippen molar-refractivity contribution in [2.45, 2.75) is 57.9 Å². The second kappa shape index (κ2) is 8.53. The molecule has 0 aromatic heterocycles. The highest BCUT2D eigenvalue weighted by atomic mass is 35.5. The van der Waals surface area contributed by atoms with Crippen molar-refractivity contribution in [3.63, 3.8) is 0 Å².